The summed E-state index contributed by atoms with van der Waals surface area (Å²) in [6.45, 7) is 16.9. The van der Waals surface area contributed by atoms with Crippen LogP contribution in [0.1, 0.15) is 79.1 Å². The van der Waals surface area contributed by atoms with Gasteiger partial charge in [-0.15, -0.1) is 0 Å². The SMILES string of the molecule is Cc1c(C)c2c3c(c1C)C(C)(C)c1c(C)c(C)c(C)c(c1-3)C(=O)C2=O. The minimum atomic E-state index is -0.334. The lowest BCUT2D eigenvalue weighted by Gasteiger charge is -2.27. The van der Waals surface area contributed by atoms with Crippen molar-refractivity contribution in [1.29, 1.82) is 0 Å². The molecule has 2 nitrogen and oxygen atoms in total. The third-order valence-corrected chi connectivity index (χ3v) is 6.91. The van der Waals surface area contributed by atoms with Crippen LogP contribution in [0.5, 0.6) is 0 Å². The van der Waals surface area contributed by atoms with Crippen molar-refractivity contribution in [2.45, 2.75) is 60.8 Å². The molecule has 2 aliphatic carbocycles. The first-order valence-corrected chi connectivity index (χ1v) is 8.91. The van der Waals surface area contributed by atoms with E-state index in [1.54, 1.807) is 0 Å². The molecule has 2 aromatic rings. The highest BCUT2D eigenvalue weighted by atomic mass is 16.2. The van der Waals surface area contributed by atoms with Crippen LogP contribution in [0.2, 0.25) is 0 Å². The summed E-state index contributed by atoms with van der Waals surface area (Å²) >= 11 is 0. The average molecular weight is 332 g/mol. The smallest absolute Gasteiger partial charge is 0.234 e. The second kappa shape index (κ2) is 4.49. The first-order valence-electron chi connectivity index (χ1n) is 8.91. The fraction of sp³-hybridized carbons (Fsp3) is 0.391. The first-order chi connectivity index (χ1) is 11.5. The molecule has 0 heterocycles. The van der Waals surface area contributed by atoms with E-state index in [9.17, 15) is 9.59 Å². The Morgan fingerprint density at radius 3 is 1.12 bits per heavy atom. The van der Waals surface area contributed by atoms with Crippen molar-refractivity contribution in [1.82, 2.24) is 0 Å². The third-order valence-electron chi connectivity index (χ3n) is 6.91. The fourth-order valence-electron chi connectivity index (χ4n) is 5.29. The van der Waals surface area contributed by atoms with Gasteiger partial charge in [0.05, 0.1) is 0 Å². The average Bonchev–Trinajstić information content (AvgIpc) is 2.77. The van der Waals surface area contributed by atoms with Crippen LogP contribution in [0, 0.1) is 41.5 Å². The maximum absolute atomic E-state index is 13.0. The van der Waals surface area contributed by atoms with Gasteiger partial charge in [-0.25, -0.2) is 0 Å². The summed E-state index contributed by atoms with van der Waals surface area (Å²) in [7, 11) is 0. The normalized spacial score (nSPS) is 16.5. The van der Waals surface area contributed by atoms with Crippen molar-refractivity contribution in [3.63, 3.8) is 0 Å². The van der Waals surface area contributed by atoms with Crippen molar-refractivity contribution in [3.8, 4) is 11.1 Å². The molecule has 0 N–H and O–H groups in total. The Balaban J connectivity index is 2.39. The van der Waals surface area contributed by atoms with Crippen LogP contribution in [0.25, 0.3) is 11.1 Å². The molecule has 0 aliphatic heterocycles. The molecule has 0 spiro atoms. The minimum absolute atomic E-state index is 0.204. The Bertz CT molecular complexity index is 966. The van der Waals surface area contributed by atoms with Crippen molar-refractivity contribution in [2.24, 2.45) is 0 Å². The molecule has 2 heteroatoms. The third kappa shape index (κ3) is 1.57. The zero-order chi connectivity index (χ0) is 18.6. The van der Waals surface area contributed by atoms with Gasteiger partial charge in [-0.3, -0.25) is 9.59 Å². The number of benzene rings is 2. The fourth-order valence-corrected chi connectivity index (χ4v) is 5.29. The van der Waals surface area contributed by atoms with E-state index in [2.05, 4.69) is 41.5 Å². The molecule has 0 atom stereocenters. The first kappa shape index (κ1) is 16.3. The van der Waals surface area contributed by atoms with E-state index in [1.807, 2.05) is 13.8 Å². The molecule has 0 bridgehead atoms. The molecule has 0 saturated carbocycles. The van der Waals surface area contributed by atoms with Gasteiger partial charge >= 0.3 is 0 Å². The number of carbonyl (C=O) groups is 2. The predicted molar refractivity (Wildman–Crippen MR) is 101 cm³/mol. The van der Waals surface area contributed by atoms with E-state index >= 15 is 0 Å². The van der Waals surface area contributed by atoms with E-state index in [1.165, 1.54) is 22.3 Å². The molecule has 0 saturated heterocycles. The highest BCUT2D eigenvalue weighted by Crippen LogP contribution is 2.57. The molecule has 0 amide bonds. The maximum Gasteiger partial charge on any atom is 0.234 e. The second-order valence-corrected chi connectivity index (χ2v) is 8.28. The summed E-state index contributed by atoms with van der Waals surface area (Å²) in [4.78, 5) is 26.1. The summed E-state index contributed by atoms with van der Waals surface area (Å²) in [5.41, 5.74) is 12.3. The lowest BCUT2D eigenvalue weighted by atomic mass is 9.76. The van der Waals surface area contributed by atoms with Crippen molar-refractivity contribution in [3.05, 3.63) is 55.6 Å². The number of hydrogen-bond acceptors (Lipinski definition) is 2. The number of Topliss-reactive ketones (excluding diaryl/α,β-unsaturated/α-hetero) is 2. The van der Waals surface area contributed by atoms with Gasteiger partial charge in [0.15, 0.2) is 0 Å². The Morgan fingerprint density at radius 1 is 0.480 bits per heavy atom. The lowest BCUT2D eigenvalue weighted by Crippen LogP contribution is -2.24. The quantitative estimate of drug-likeness (QED) is 0.620. The number of rotatable bonds is 0. The van der Waals surface area contributed by atoms with Gasteiger partial charge in [0.1, 0.15) is 0 Å². The predicted octanol–water partition coefficient (Wildman–Crippen LogP) is 5.22. The second-order valence-electron chi connectivity index (χ2n) is 8.28. The van der Waals surface area contributed by atoms with Gasteiger partial charge in [0.25, 0.3) is 0 Å². The van der Waals surface area contributed by atoms with Crippen molar-refractivity contribution in [2.75, 3.05) is 0 Å². The standard InChI is InChI=1S/C23H24O2/c1-9-11(3)15-17-18-16(22(25)21(15)24)12(4)10(2)14(6)20(18)23(7,8)19(17)13(9)5/h1-8H3. The molecule has 0 fully saturated rings. The van der Waals surface area contributed by atoms with Gasteiger partial charge in [0, 0.05) is 16.5 Å². The molecule has 128 valence electrons. The molecule has 25 heavy (non-hydrogen) atoms. The summed E-state index contributed by atoms with van der Waals surface area (Å²) in [5.74, 6) is -0.668. The molecular formula is C23H24O2. The van der Waals surface area contributed by atoms with Crippen LogP contribution < -0.4 is 0 Å². The van der Waals surface area contributed by atoms with Gasteiger partial charge in [0.2, 0.25) is 11.6 Å². The van der Waals surface area contributed by atoms with E-state index in [4.69, 9.17) is 0 Å². The van der Waals surface area contributed by atoms with Crippen LogP contribution in [0.3, 0.4) is 0 Å². The molecule has 0 unspecified atom stereocenters. The molecule has 4 rings (SSSR count). The van der Waals surface area contributed by atoms with Crippen LogP contribution in [0.15, 0.2) is 0 Å². The summed E-state index contributed by atoms with van der Waals surface area (Å²) in [6, 6.07) is 0. The molecule has 0 aromatic heterocycles. The van der Waals surface area contributed by atoms with Gasteiger partial charge in [-0.1, -0.05) is 13.8 Å². The minimum Gasteiger partial charge on any atom is -0.285 e. The number of hydrogen-bond donors (Lipinski definition) is 0. The largest absolute Gasteiger partial charge is 0.285 e. The van der Waals surface area contributed by atoms with Gasteiger partial charge in [-0.2, -0.15) is 0 Å². The summed E-state index contributed by atoms with van der Waals surface area (Å²) < 4.78 is 0. The highest BCUT2D eigenvalue weighted by molar-refractivity contribution is 6.54. The zero-order valence-electron chi connectivity index (χ0n) is 16.3. The van der Waals surface area contributed by atoms with Gasteiger partial charge < -0.3 is 0 Å². The molecule has 2 aromatic carbocycles. The van der Waals surface area contributed by atoms with E-state index < -0.39 is 0 Å². The van der Waals surface area contributed by atoms with Crippen molar-refractivity contribution >= 4 is 11.6 Å². The van der Waals surface area contributed by atoms with Crippen LogP contribution in [0.4, 0.5) is 0 Å². The Labute approximate surface area is 149 Å². The Hall–Kier alpha value is -2.22. The lowest BCUT2D eigenvalue weighted by molar-refractivity contribution is 0.0814. The molecular weight excluding hydrogens is 308 g/mol. The monoisotopic (exact) mass is 332 g/mol. The van der Waals surface area contributed by atoms with E-state index in [0.29, 0.717) is 11.1 Å². The summed E-state index contributed by atoms with van der Waals surface area (Å²) in [6.07, 6.45) is 0. The zero-order valence-corrected chi connectivity index (χ0v) is 16.3. The number of carbonyl (C=O) groups excluding carboxylic acids is 2. The van der Waals surface area contributed by atoms with E-state index in [0.717, 1.165) is 33.4 Å². The molecule has 2 aliphatic rings. The highest BCUT2D eigenvalue weighted by Gasteiger charge is 2.48. The van der Waals surface area contributed by atoms with Crippen LogP contribution in [-0.4, -0.2) is 11.6 Å². The van der Waals surface area contributed by atoms with Crippen LogP contribution >= 0.6 is 0 Å². The maximum atomic E-state index is 13.0. The Kier molecular flexibility index (Phi) is 2.92. The molecule has 0 radical (unpaired) electrons. The van der Waals surface area contributed by atoms with Crippen molar-refractivity contribution < 1.29 is 9.59 Å². The number of ketones is 2. The van der Waals surface area contributed by atoms with Gasteiger partial charge in [-0.05, 0) is 97.2 Å². The summed E-state index contributed by atoms with van der Waals surface area (Å²) in [5, 5.41) is 0. The Morgan fingerprint density at radius 2 is 0.800 bits per heavy atom. The topological polar surface area (TPSA) is 34.1 Å². The van der Waals surface area contributed by atoms with Crippen LogP contribution in [-0.2, 0) is 5.41 Å². The van der Waals surface area contributed by atoms with E-state index in [-0.39, 0.29) is 17.0 Å².